The van der Waals surface area contributed by atoms with Gasteiger partial charge in [0.1, 0.15) is 11.5 Å². The fourth-order valence-electron chi connectivity index (χ4n) is 1.98. The van der Waals surface area contributed by atoms with Gasteiger partial charge in [0.2, 0.25) is 0 Å². The first-order valence-corrected chi connectivity index (χ1v) is 8.54. The maximum Gasteiger partial charge on any atom is 0.417 e. The summed E-state index contributed by atoms with van der Waals surface area (Å²) in [7, 11) is -4.44. The molecule has 2 N–H and O–H groups in total. The van der Waals surface area contributed by atoms with Gasteiger partial charge in [-0.2, -0.15) is 13.2 Å². The summed E-state index contributed by atoms with van der Waals surface area (Å²) in [4.78, 5) is 13.0. The van der Waals surface area contributed by atoms with Gasteiger partial charge in [-0.05, 0) is 38.1 Å². The van der Waals surface area contributed by atoms with Crippen molar-refractivity contribution in [3.05, 3.63) is 51.9 Å². The Kier molecular flexibility index (Phi) is 5.17. The van der Waals surface area contributed by atoms with E-state index < -0.39 is 37.6 Å². The number of benzene rings is 1. The average Bonchev–Trinajstić information content (AvgIpc) is 2.82. The van der Waals surface area contributed by atoms with E-state index in [1.165, 1.54) is 13.0 Å². The smallest absolute Gasteiger partial charge is 0.417 e. The Labute approximate surface area is 146 Å². The second-order valence-corrected chi connectivity index (χ2v) is 7.12. The third kappa shape index (κ3) is 4.33. The lowest BCUT2D eigenvalue weighted by atomic mass is 10.2. The number of carbonyl (C=O) groups excluding carboxylic acids is 1. The van der Waals surface area contributed by atoms with E-state index in [-0.39, 0.29) is 11.3 Å². The molecular weight excluding hydrogens is 385 g/mol. The lowest BCUT2D eigenvalue weighted by Gasteiger charge is -2.12. The molecule has 1 aromatic heterocycles. The quantitative estimate of drug-likeness (QED) is 0.777. The van der Waals surface area contributed by atoms with Crippen molar-refractivity contribution in [1.29, 1.82) is 0 Å². The number of nitrogens with one attached hydrogen (secondary N) is 2. The molecule has 0 atom stereocenters. The highest BCUT2D eigenvalue weighted by Gasteiger charge is 2.34. The molecule has 0 saturated heterocycles. The third-order valence-corrected chi connectivity index (χ3v) is 4.71. The van der Waals surface area contributed by atoms with Gasteiger partial charge in [0.15, 0.2) is 0 Å². The summed E-state index contributed by atoms with van der Waals surface area (Å²) in [5.74, 6) is -0.110. The van der Waals surface area contributed by atoms with Crippen LogP contribution in [0.25, 0.3) is 0 Å². The molecule has 0 saturated carbocycles. The number of amides is 1. The molecule has 1 amide bonds. The van der Waals surface area contributed by atoms with Gasteiger partial charge in [-0.3, -0.25) is 10.2 Å². The molecular formula is C14H12ClF3N2O4S. The van der Waals surface area contributed by atoms with Crippen LogP contribution in [0.5, 0.6) is 0 Å². The number of sulfonamides is 1. The SMILES string of the molecule is Cc1cc(C(=O)NNS(=O)(=O)c2ccc(Cl)c(C(F)(F)F)c2)c(C)o1. The van der Waals surface area contributed by atoms with Crippen molar-refractivity contribution in [2.75, 3.05) is 0 Å². The first-order chi connectivity index (χ1) is 11.4. The fraction of sp³-hybridized carbons (Fsp3) is 0.214. The highest BCUT2D eigenvalue weighted by molar-refractivity contribution is 7.89. The molecule has 0 spiro atoms. The molecule has 0 aliphatic heterocycles. The highest BCUT2D eigenvalue weighted by atomic mass is 35.5. The van der Waals surface area contributed by atoms with Gasteiger partial charge in [0.25, 0.3) is 15.9 Å². The first kappa shape index (κ1) is 19.3. The topological polar surface area (TPSA) is 88.4 Å². The Morgan fingerprint density at radius 2 is 1.84 bits per heavy atom. The van der Waals surface area contributed by atoms with E-state index in [2.05, 4.69) is 0 Å². The van der Waals surface area contributed by atoms with Gasteiger partial charge in [-0.15, -0.1) is 4.83 Å². The van der Waals surface area contributed by atoms with Crippen LogP contribution in [0.15, 0.2) is 33.6 Å². The van der Waals surface area contributed by atoms with E-state index in [4.69, 9.17) is 16.0 Å². The van der Waals surface area contributed by atoms with Crippen LogP contribution in [0.4, 0.5) is 13.2 Å². The molecule has 0 radical (unpaired) electrons. The summed E-state index contributed by atoms with van der Waals surface area (Å²) in [5, 5.41) is -0.639. The van der Waals surface area contributed by atoms with Crippen molar-refractivity contribution >= 4 is 27.5 Å². The molecule has 0 bridgehead atoms. The van der Waals surface area contributed by atoms with E-state index in [0.717, 1.165) is 12.1 Å². The van der Waals surface area contributed by atoms with E-state index >= 15 is 0 Å². The Morgan fingerprint density at radius 3 is 2.36 bits per heavy atom. The largest absolute Gasteiger partial charge is 0.466 e. The van der Waals surface area contributed by atoms with Crippen molar-refractivity contribution in [2.24, 2.45) is 0 Å². The van der Waals surface area contributed by atoms with Gasteiger partial charge < -0.3 is 4.42 Å². The summed E-state index contributed by atoms with van der Waals surface area (Å²) in [6.07, 6.45) is -4.82. The van der Waals surface area contributed by atoms with Crippen LogP contribution in [0.1, 0.15) is 27.4 Å². The Morgan fingerprint density at radius 1 is 1.20 bits per heavy atom. The Balaban J connectivity index is 2.22. The molecule has 136 valence electrons. The predicted molar refractivity (Wildman–Crippen MR) is 82.4 cm³/mol. The van der Waals surface area contributed by atoms with Crippen LogP contribution in [-0.4, -0.2) is 14.3 Å². The van der Waals surface area contributed by atoms with Crippen molar-refractivity contribution in [2.45, 2.75) is 24.9 Å². The molecule has 0 aliphatic carbocycles. The zero-order chi connectivity index (χ0) is 19.0. The maximum atomic E-state index is 12.8. The lowest BCUT2D eigenvalue weighted by Crippen LogP contribution is -2.41. The number of hydrazine groups is 1. The fourth-order valence-corrected chi connectivity index (χ4v) is 3.07. The zero-order valence-corrected chi connectivity index (χ0v) is 14.4. The third-order valence-electron chi connectivity index (χ3n) is 3.14. The molecule has 0 unspecified atom stereocenters. The van der Waals surface area contributed by atoms with Crippen molar-refractivity contribution in [3.63, 3.8) is 0 Å². The van der Waals surface area contributed by atoms with Crippen LogP contribution < -0.4 is 10.3 Å². The predicted octanol–water partition coefficient (Wildman–Crippen LogP) is 3.19. The second-order valence-electron chi connectivity index (χ2n) is 5.03. The summed E-state index contributed by atoms with van der Waals surface area (Å²) >= 11 is 5.44. The van der Waals surface area contributed by atoms with Crippen molar-refractivity contribution in [3.8, 4) is 0 Å². The van der Waals surface area contributed by atoms with E-state index in [1.54, 1.807) is 11.8 Å². The van der Waals surface area contributed by atoms with Crippen LogP contribution in [0, 0.1) is 13.8 Å². The minimum Gasteiger partial charge on any atom is -0.466 e. The Bertz CT molecular complexity index is 923. The average molecular weight is 397 g/mol. The standard InChI is InChI=1S/C14H12ClF3N2O4S/c1-7-5-10(8(2)24-7)13(21)19-20-25(22,23)9-3-4-12(15)11(6-9)14(16,17)18/h3-6,20H,1-2H3,(H,19,21). The summed E-state index contributed by atoms with van der Waals surface area (Å²) in [6.45, 7) is 3.10. The van der Waals surface area contributed by atoms with Gasteiger partial charge in [-0.1, -0.05) is 11.6 Å². The van der Waals surface area contributed by atoms with Gasteiger partial charge in [0, 0.05) is 0 Å². The molecule has 0 aliphatic rings. The number of aryl methyl sites for hydroxylation is 2. The molecule has 25 heavy (non-hydrogen) atoms. The molecule has 6 nitrogen and oxygen atoms in total. The van der Waals surface area contributed by atoms with Crippen molar-refractivity contribution in [1.82, 2.24) is 10.3 Å². The van der Waals surface area contributed by atoms with Gasteiger partial charge in [0.05, 0.1) is 21.0 Å². The molecule has 0 fully saturated rings. The van der Waals surface area contributed by atoms with E-state index in [9.17, 15) is 26.4 Å². The normalized spacial score (nSPS) is 12.2. The first-order valence-electron chi connectivity index (χ1n) is 6.68. The minimum atomic E-state index is -4.82. The summed E-state index contributed by atoms with van der Waals surface area (Å²) < 4.78 is 67.8. The Hall–Kier alpha value is -2.04. The molecule has 1 aromatic carbocycles. The van der Waals surface area contributed by atoms with Gasteiger partial charge in [-0.25, -0.2) is 8.42 Å². The van der Waals surface area contributed by atoms with Gasteiger partial charge >= 0.3 is 6.18 Å². The number of alkyl halides is 3. The van der Waals surface area contributed by atoms with Crippen LogP contribution >= 0.6 is 11.6 Å². The molecule has 1 heterocycles. The molecule has 11 heteroatoms. The molecule has 2 rings (SSSR count). The van der Waals surface area contributed by atoms with Crippen LogP contribution in [0.2, 0.25) is 5.02 Å². The number of furan rings is 1. The minimum absolute atomic E-state index is 0.0901. The van der Waals surface area contributed by atoms with E-state index in [0.29, 0.717) is 11.8 Å². The highest BCUT2D eigenvalue weighted by Crippen LogP contribution is 2.35. The number of rotatable bonds is 4. The lowest BCUT2D eigenvalue weighted by molar-refractivity contribution is -0.137. The van der Waals surface area contributed by atoms with Crippen LogP contribution in [-0.2, 0) is 16.2 Å². The number of carbonyl (C=O) groups is 1. The monoisotopic (exact) mass is 396 g/mol. The summed E-state index contributed by atoms with van der Waals surface area (Å²) in [5.41, 5.74) is 0.702. The maximum absolute atomic E-state index is 12.8. The van der Waals surface area contributed by atoms with Crippen LogP contribution in [0.3, 0.4) is 0 Å². The summed E-state index contributed by atoms with van der Waals surface area (Å²) in [6, 6.07) is 3.47. The van der Waals surface area contributed by atoms with Crippen molar-refractivity contribution < 1.29 is 30.8 Å². The molecule has 2 aromatic rings. The number of hydrogen-bond acceptors (Lipinski definition) is 4. The number of halogens is 4. The number of hydrogen-bond donors (Lipinski definition) is 2. The van der Waals surface area contributed by atoms with E-state index in [1.807, 2.05) is 5.43 Å². The second kappa shape index (κ2) is 6.70. The zero-order valence-electron chi connectivity index (χ0n) is 12.9.